The summed E-state index contributed by atoms with van der Waals surface area (Å²) in [7, 11) is 0. The number of anilines is 1. The maximum absolute atomic E-state index is 12.6. The molecule has 2 rings (SSSR count). The average Bonchev–Trinajstić information content (AvgIpc) is 2.40. The molecule has 0 fully saturated rings. The van der Waals surface area contributed by atoms with E-state index in [1.807, 2.05) is 12.1 Å². The van der Waals surface area contributed by atoms with Crippen molar-refractivity contribution in [3.05, 3.63) is 63.1 Å². The fourth-order valence-corrected chi connectivity index (χ4v) is 2.08. The number of halogens is 4. The van der Waals surface area contributed by atoms with Crippen molar-refractivity contribution in [2.45, 2.75) is 13.0 Å². The van der Waals surface area contributed by atoms with Crippen molar-refractivity contribution < 1.29 is 8.78 Å². The third kappa shape index (κ3) is 3.91. The summed E-state index contributed by atoms with van der Waals surface area (Å²) in [5, 5.41) is 3.75. The van der Waals surface area contributed by atoms with E-state index in [-0.39, 0.29) is 5.56 Å². The maximum atomic E-state index is 12.6. The Hall–Kier alpha value is -1.13. The zero-order valence-electron chi connectivity index (χ0n) is 9.84. The molecule has 0 spiro atoms. The molecule has 0 unspecified atom stereocenters. The van der Waals surface area contributed by atoms with Gasteiger partial charge in [-0.1, -0.05) is 29.8 Å². The van der Waals surface area contributed by atoms with Gasteiger partial charge >= 0.3 is 0 Å². The number of hydrogen-bond donors (Lipinski definition) is 1. The molecule has 0 aliphatic heterocycles. The smallest absolute Gasteiger partial charge is 0.263 e. The zero-order valence-corrected chi connectivity index (χ0v) is 12.2. The molecule has 2 aromatic carbocycles. The highest BCUT2D eigenvalue weighted by molar-refractivity contribution is 9.10. The summed E-state index contributed by atoms with van der Waals surface area (Å²) >= 11 is 9.28. The Morgan fingerprint density at radius 2 is 1.95 bits per heavy atom. The molecule has 0 amide bonds. The van der Waals surface area contributed by atoms with E-state index in [0.717, 1.165) is 15.7 Å². The monoisotopic (exact) mass is 345 g/mol. The quantitative estimate of drug-likeness (QED) is 0.754. The normalized spacial score (nSPS) is 10.8. The van der Waals surface area contributed by atoms with E-state index < -0.39 is 6.43 Å². The van der Waals surface area contributed by atoms with Gasteiger partial charge in [0.15, 0.2) is 0 Å². The summed E-state index contributed by atoms with van der Waals surface area (Å²) < 4.78 is 25.9. The molecule has 0 aliphatic carbocycles. The first-order chi connectivity index (χ1) is 9.06. The van der Waals surface area contributed by atoms with Crippen LogP contribution < -0.4 is 5.32 Å². The molecule has 2 aromatic rings. The van der Waals surface area contributed by atoms with Gasteiger partial charge in [-0.05, 0) is 45.8 Å². The van der Waals surface area contributed by atoms with Crippen LogP contribution in [0.1, 0.15) is 17.6 Å². The predicted octanol–water partition coefficient (Wildman–Crippen LogP) is 5.65. The largest absolute Gasteiger partial charge is 0.381 e. The molecule has 0 heterocycles. The molecule has 1 nitrogen and oxygen atoms in total. The van der Waals surface area contributed by atoms with E-state index >= 15 is 0 Å². The summed E-state index contributed by atoms with van der Waals surface area (Å²) in [5.41, 5.74) is 1.68. The van der Waals surface area contributed by atoms with Crippen molar-refractivity contribution in [3.63, 3.8) is 0 Å². The summed E-state index contributed by atoms with van der Waals surface area (Å²) in [5.74, 6) is 0. The molecule has 19 heavy (non-hydrogen) atoms. The standard InChI is InChI=1S/C14H11BrClF2N/c15-12-5-4-11(7-13(12)16)19-8-9-2-1-3-10(6-9)14(17)18/h1-7,14,19H,8H2. The first-order valence-corrected chi connectivity index (χ1v) is 6.79. The van der Waals surface area contributed by atoms with Crippen LogP contribution in [-0.2, 0) is 6.54 Å². The van der Waals surface area contributed by atoms with Gasteiger partial charge in [-0.25, -0.2) is 8.78 Å². The van der Waals surface area contributed by atoms with Crippen LogP contribution >= 0.6 is 27.5 Å². The highest BCUT2D eigenvalue weighted by Crippen LogP contribution is 2.26. The Morgan fingerprint density at radius 3 is 2.63 bits per heavy atom. The van der Waals surface area contributed by atoms with Crippen LogP contribution in [0.4, 0.5) is 14.5 Å². The molecule has 0 atom stereocenters. The Morgan fingerprint density at radius 1 is 1.16 bits per heavy atom. The van der Waals surface area contributed by atoms with Gasteiger partial charge in [-0.15, -0.1) is 0 Å². The lowest BCUT2D eigenvalue weighted by molar-refractivity contribution is 0.151. The van der Waals surface area contributed by atoms with E-state index in [0.29, 0.717) is 11.6 Å². The number of rotatable bonds is 4. The minimum Gasteiger partial charge on any atom is -0.381 e. The third-order valence-electron chi connectivity index (χ3n) is 2.62. The Bertz CT molecular complexity index is 575. The van der Waals surface area contributed by atoms with Crippen LogP contribution in [0, 0.1) is 0 Å². The fourth-order valence-electron chi connectivity index (χ4n) is 1.65. The fraction of sp³-hybridized carbons (Fsp3) is 0.143. The van der Waals surface area contributed by atoms with Gasteiger partial charge in [-0.2, -0.15) is 0 Å². The number of nitrogens with one attached hydrogen (secondary N) is 1. The van der Waals surface area contributed by atoms with Gasteiger partial charge in [0.25, 0.3) is 6.43 Å². The van der Waals surface area contributed by atoms with Crippen molar-refractivity contribution in [2.24, 2.45) is 0 Å². The van der Waals surface area contributed by atoms with Gasteiger partial charge in [0.1, 0.15) is 0 Å². The molecule has 0 bridgehead atoms. The number of alkyl halides is 2. The SMILES string of the molecule is FC(F)c1cccc(CNc2ccc(Br)c(Cl)c2)c1. The first kappa shape index (κ1) is 14.3. The van der Waals surface area contributed by atoms with Crippen molar-refractivity contribution >= 4 is 33.2 Å². The summed E-state index contributed by atoms with van der Waals surface area (Å²) in [4.78, 5) is 0. The summed E-state index contributed by atoms with van der Waals surface area (Å²) in [6, 6.07) is 11.8. The van der Waals surface area contributed by atoms with Gasteiger partial charge < -0.3 is 5.32 Å². The third-order valence-corrected chi connectivity index (χ3v) is 3.85. The molecule has 0 aliphatic rings. The van der Waals surface area contributed by atoms with Crippen LogP contribution in [0.3, 0.4) is 0 Å². The van der Waals surface area contributed by atoms with Crippen LogP contribution in [0.15, 0.2) is 46.9 Å². The van der Waals surface area contributed by atoms with Crippen molar-refractivity contribution in [2.75, 3.05) is 5.32 Å². The van der Waals surface area contributed by atoms with E-state index in [2.05, 4.69) is 21.2 Å². The van der Waals surface area contributed by atoms with E-state index in [1.165, 1.54) is 12.1 Å². The van der Waals surface area contributed by atoms with Crippen LogP contribution in [0.25, 0.3) is 0 Å². The Labute approximate surface area is 123 Å². The minimum absolute atomic E-state index is 0.0353. The van der Waals surface area contributed by atoms with Crippen molar-refractivity contribution in [3.8, 4) is 0 Å². The maximum Gasteiger partial charge on any atom is 0.263 e. The number of hydrogen-bond acceptors (Lipinski definition) is 1. The van der Waals surface area contributed by atoms with Crippen LogP contribution in [-0.4, -0.2) is 0 Å². The van der Waals surface area contributed by atoms with E-state index in [1.54, 1.807) is 18.2 Å². The summed E-state index contributed by atoms with van der Waals surface area (Å²) in [6.45, 7) is 0.471. The highest BCUT2D eigenvalue weighted by Gasteiger charge is 2.07. The lowest BCUT2D eigenvalue weighted by Crippen LogP contribution is -2.00. The van der Waals surface area contributed by atoms with E-state index in [9.17, 15) is 8.78 Å². The second-order valence-corrected chi connectivity index (χ2v) is 5.29. The van der Waals surface area contributed by atoms with E-state index in [4.69, 9.17) is 11.6 Å². The zero-order chi connectivity index (χ0) is 13.8. The van der Waals surface area contributed by atoms with Crippen molar-refractivity contribution in [1.29, 1.82) is 0 Å². The molecular weight excluding hydrogens is 336 g/mol. The second kappa shape index (κ2) is 6.35. The minimum atomic E-state index is -2.44. The van der Waals surface area contributed by atoms with Gasteiger partial charge in [0.05, 0.1) is 5.02 Å². The van der Waals surface area contributed by atoms with Gasteiger partial charge in [0, 0.05) is 22.3 Å². The lowest BCUT2D eigenvalue weighted by atomic mass is 10.1. The van der Waals surface area contributed by atoms with Gasteiger partial charge in [-0.3, -0.25) is 0 Å². The van der Waals surface area contributed by atoms with Crippen LogP contribution in [0.5, 0.6) is 0 Å². The molecule has 5 heteroatoms. The molecule has 0 saturated carbocycles. The van der Waals surface area contributed by atoms with Gasteiger partial charge in [0.2, 0.25) is 0 Å². The highest BCUT2D eigenvalue weighted by atomic mass is 79.9. The molecular formula is C14H11BrClF2N. The Kier molecular flexibility index (Phi) is 4.77. The molecule has 1 N–H and O–H groups in total. The second-order valence-electron chi connectivity index (χ2n) is 4.03. The lowest BCUT2D eigenvalue weighted by Gasteiger charge is -2.09. The first-order valence-electron chi connectivity index (χ1n) is 5.62. The summed E-state index contributed by atoms with van der Waals surface area (Å²) in [6.07, 6.45) is -2.44. The molecule has 0 radical (unpaired) electrons. The van der Waals surface area contributed by atoms with Crippen molar-refractivity contribution in [1.82, 2.24) is 0 Å². The predicted molar refractivity (Wildman–Crippen MR) is 77.9 cm³/mol. The molecule has 0 saturated heterocycles. The molecule has 0 aromatic heterocycles. The van der Waals surface area contributed by atoms with Crippen LogP contribution in [0.2, 0.25) is 5.02 Å². The number of benzene rings is 2. The Balaban J connectivity index is 2.05. The topological polar surface area (TPSA) is 12.0 Å². The average molecular weight is 347 g/mol. The molecule has 100 valence electrons.